The molecule has 0 aromatic heterocycles. The molecular formula is C23H22BrClN4O2. The van der Waals surface area contributed by atoms with Crippen molar-refractivity contribution in [1.29, 1.82) is 0 Å². The first kappa shape index (κ1) is 22.7. The number of hydrogen-bond donors (Lipinski definition) is 3. The summed E-state index contributed by atoms with van der Waals surface area (Å²) < 4.78 is 0.885. The lowest BCUT2D eigenvalue weighted by Gasteiger charge is -2.23. The molecule has 3 aromatic carbocycles. The molecule has 0 radical (unpaired) electrons. The van der Waals surface area contributed by atoms with Crippen LogP contribution < -0.4 is 20.9 Å². The van der Waals surface area contributed by atoms with Crippen LogP contribution in [0.1, 0.15) is 6.42 Å². The number of carbonyl (C=O) groups is 2. The van der Waals surface area contributed by atoms with Gasteiger partial charge in [-0.05, 0) is 61.0 Å². The van der Waals surface area contributed by atoms with Crippen LogP contribution in [0.25, 0.3) is 0 Å². The Hall–Kier alpha value is -3.03. The van der Waals surface area contributed by atoms with E-state index in [2.05, 4.69) is 31.9 Å². The average Bonchev–Trinajstić information content (AvgIpc) is 2.76. The maximum atomic E-state index is 12.9. The molecule has 0 aliphatic rings. The molecule has 0 bridgehead atoms. The van der Waals surface area contributed by atoms with Crippen LogP contribution in [0.2, 0.25) is 5.02 Å². The van der Waals surface area contributed by atoms with Gasteiger partial charge in [-0.15, -0.1) is 0 Å². The third-order valence-corrected chi connectivity index (χ3v) is 5.08. The Labute approximate surface area is 194 Å². The Morgan fingerprint density at radius 1 is 0.871 bits per heavy atom. The minimum atomic E-state index is -0.296. The van der Waals surface area contributed by atoms with Gasteiger partial charge < -0.3 is 16.0 Å². The number of anilines is 3. The van der Waals surface area contributed by atoms with E-state index in [1.807, 2.05) is 54.6 Å². The quantitative estimate of drug-likeness (QED) is 0.330. The number of halogens is 2. The molecule has 31 heavy (non-hydrogen) atoms. The molecule has 8 heteroatoms. The molecule has 3 N–H and O–H groups in total. The zero-order valence-electron chi connectivity index (χ0n) is 16.6. The van der Waals surface area contributed by atoms with E-state index in [1.54, 1.807) is 29.2 Å². The molecule has 0 aliphatic heterocycles. The molecule has 0 saturated heterocycles. The number of amides is 4. The highest BCUT2D eigenvalue weighted by Crippen LogP contribution is 2.18. The van der Waals surface area contributed by atoms with Gasteiger partial charge in [0.25, 0.3) is 0 Å². The number of nitrogens with one attached hydrogen (secondary N) is 3. The molecule has 3 rings (SSSR count). The van der Waals surface area contributed by atoms with E-state index in [-0.39, 0.29) is 12.1 Å². The fourth-order valence-electron chi connectivity index (χ4n) is 2.86. The van der Waals surface area contributed by atoms with Gasteiger partial charge in [0.05, 0.1) is 0 Å². The minimum Gasteiger partial charge on any atom is -0.338 e. The van der Waals surface area contributed by atoms with Crippen molar-refractivity contribution in [2.24, 2.45) is 0 Å². The third kappa shape index (κ3) is 7.31. The van der Waals surface area contributed by atoms with Crippen LogP contribution in [-0.2, 0) is 0 Å². The Balaban J connectivity index is 1.54. The fraction of sp³-hybridized carbons (Fsp3) is 0.130. The fourth-order valence-corrected chi connectivity index (χ4v) is 3.39. The van der Waals surface area contributed by atoms with Crippen molar-refractivity contribution in [1.82, 2.24) is 5.32 Å². The highest BCUT2D eigenvalue weighted by atomic mass is 79.9. The lowest BCUT2D eigenvalue weighted by molar-refractivity contribution is 0.252. The smallest absolute Gasteiger partial charge is 0.326 e. The average molecular weight is 502 g/mol. The van der Waals surface area contributed by atoms with E-state index < -0.39 is 0 Å². The van der Waals surface area contributed by atoms with Crippen LogP contribution in [0.3, 0.4) is 0 Å². The predicted octanol–water partition coefficient (Wildman–Crippen LogP) is 6.35. The normalized spacial score (nSPS) is 10.3. The van der Waals surface area contributed by atoms with Gasteiger partial charge in [0.15, 0.2) is 0 Å². The van der Waals surface area contributed by atoms with Gasteiger partial charge in [-0.3, -0.25) is 4.90 Å². The molecule has 0 heterocycles. The Bertz CT molecular complexity index is 1020. The largest absolute Gasteiger partial charge is 0.338 e. The van der Waals surface area contributed by atoms with Crippen LogP contribution >= 0.6 is 27.5 Å². The van der Waals surface area contributed by atoms with Crippen LogP contribution in [0.4, 0.5) is 26.7 Å². The third-order valence-electron chi connectivity index (χ3n) is 4.34. The Morgan fingerprint density at radius 2 is 1.61 bits per heavy atom. The van der Waals surface area contributed by atoms with E-state index in [0.29, 0.717) is 35.9 Å². The topological polar surface area (TPSA) is 73.5 Å². The summed E-state index contributed by atoms with van der Waals surface area (Å²) in [4.78, 5) is 26.6. The summed E-state index contributed by atoms with van der Waals surface area (Å²) in [6.45, 7) is 0.845. The molecular weight excluding hydrogens is 480 g/mol. The standard InChI is InChI=1S/C23H22BrClN4O2/c24-17-6-4-7-20(16-17)27-22(30)26-14-5-15-29(21-8-2-1-3-9-21)23(31)28-19-12-10-18(25)11-13-19/h1-4,6-13,16H,5,14-15H2,(H,28,31)(H2,26,27,30). The summed E-state index contributed by atoms with van der Waals surface area (Å²) in [6.07, 6.45) is 0.578. The molecule has 0 saturated carbocycles. The number of para-hydroxylation sites is 1. The second kappa shape index (κ2) is 11.4. The van der Waals surface area contributed by atoms with E-state index in [9.17, 15) is 9.59 Å². The highest BCUT2D eigenvalue weighted by molar-refractivity contribution is 9.10. The second-order valence-corrected chi connectivity index (χ2v) is 8.02. The molecule has 0 fully saturated rings. The van der Waals surface area contributed by atoms with Crippen LogP contribution in [0, 0.1) is 0 Å². The number of urea groups is 2. The lowest BCUT2D eigenvalue weighted by atomic mass is 10.2. The SMILES string of the molecule is O=C(NCCCN(C(=O)Nc1ccc(Cl)cc1)c1ccccc1)Nc1cccc(Br)c1. The van der Waals surface area contributed by atoms with Crippen molar-refractivity contribution in [3.8, 4) is 0 Å². The summed E-state index contributed by atoms with van der Waals surface area (Å²) in [5.41, 5.74) is 2.12. The molecule has 160 valence electrons. The van der Waals surface area contributed by atoms with Gasteiger partial charge in [0.2, 0.25) is 0 Å². The first-order valence-electron chi connectivity index (χ1n) is 9.71. The summed E-state index contributed by atoms with van der Waals surface area (Å²) in [7, 11) is 0. The number of carbonyl (C=O) groups excluding carboxylic acids is 2. The van der Waals surface area contributed by atoms with Crippen LogP contribution in [-0.4, -0.2) is 25.2 Å². The van der Waals surface area contributed by atoms with Crippen LogP contribution in [0.15, 0.2) is 83.3 Å². The van der Waals surface area contributed by atoms with Gasteiger partial charge in [-0.25, -0.2) is 9.59 Å². The van der Waals surface area contributed by atoms with Crippen molar-refractivity contribution in [3.05, 3.63) is 88.4 Å². The monoisotopic (exact) mass is 500 g/mol. The van der Waals surface area contributed by atoms with E-state index in [1.165, 1.54) is 0 Å². The maximum Gasteiger partial charge on any atom is 0.326 e. The van der Waals surface area contributed by atoms with Gasteiger partial charge in [0.1, 0.15) is 0 Å². The van der Waals surface area contributed by atoms with Crippen molar-refractivity contribution in [2.75, 3.05) is 28.6 Å². The summed E-state index contributed by atoms with van der Waals surface area (Å²) in [6, 6.07) is 23.1. The van der Waals surface area contributed by atoms with Crippen molar-refractivity contribution < 1.29 is 9.59 Å². The molecule has 0 atom stereocenters. The maximum absolute atomic E-state index is 12.9. The van der Waals surface area contributed by atoms with Crippen molar-refractivity contribution in [2.45, 2.75) is 6.42 Å². The lowest BCUT2D eigenvalue weighted by Crippen LogP contribution is -2.38. The molecule has 4 amide bonds. The summed E-state index contributed by atoms with van der Waals surface area (Å²) in [5, 5.41) is 9.07. The van der Waals surface area contributed by atoms with Gasteiger partial charge >= 0.3 is 12.1 Å². The molecule has 0 spiro atoms. The van der Waals surface area contributed by atoms with Gasteiger partial charge in [-0.1, -0.05) is 51.8 Å². The number of nitrogens with zero attached hydrogens (tertiary/aromatic N) is 1. The van der Waals surface area contributed by atoms with E-state index >= 15 is 0 Å². The van der Waals surface area contributed by atoms with Crippen molar-refractivity contribution in [3.63, 3.8) is 0 Å². The first-order chi connectivity index (χ1) is 15.0. The number of benzene rings is 3. The number of hydrogen-bond acceptors (Lipinski definition) is 2. The highest BCUT2D eigenvalue weighted by Gasteiger charge is 2.15. The first-order valence-corrected chi connectivity index (χ1v) is 10.9. The summed E-state index contributed by atoms with van der Waals surface area (Å²) in [5.74, 6) is 0. The van der Waals surface area contributed by atoms with Gasteiger partial charge in [-0.2, -0.15) is 0 Å². The molecule has 0 unspecified atom stereocenters. The minimum absolute atomic E-state index is 0.257. The van der Waals surface area contributed by atoms with Crippen molar-refractivity contribution >= 4 is 56.7 Å². The van der Waals surface area contributed by atoms with Crippen LogP contribution in [0.5, 0.6) is 0 Å². The van der Waals surface area contributed by atoms with E-state index in [4.69, 9.17) is 11.6 Å². The Morgan fingerprint density at radius 3 is 2.32 bits per heavy atom. The zero-order chi connectivity index (χ0) is 22.1. The van der Waals surface area contributed by atoms with Gasteiger partial charge in [0, 0.05) is 39.6 Å². The predicted molar refractivity (Wildman–Crippen MR) is 130 cm³/mol. The molecule has 3 aromatic rings. The second-order valence-electron chi connectivity index (χ2n) is 6.67. The zero-order valence-corrected chi connectivity index (χ0v) is 19.0. The molecule has 6 nitrogen and oxygen atoms in total. The Kier molecular flexibility index (Phi) is 8.32. The van der Waals surface area contributed by atoms with E-state index in [0.717, 1.165) is 10.2 Å². The molecule has 0 aliphatic carbocycles. The summed E-state index contributed by atoms with van der Waals surface area (Å²) >= 11 is 9.28. The number of rotatable bonds is 7.